The Balaban J connectivity index is 1.58. The average Bonchev–Trinajstić information content (AvgIpc) is 3.03. The van der Waals surface area contributed by atoms with Gasteiger partial charge in [-0.1, -0.05) is 153 Å². The van der Waals surface area contributed by atoms with Crippen molar-refractivity contribution in [1.29, 1.82) is 0 Å². The fourth-order valence-electron chi connectivity index (χ4n) is 6.24. The molecule has 40 heavy (non-hydrogen) atoms. The molecule has 0 N–H and O–H groups in total. The Hall–Kier alpha value is -5.20. The van der Waals surface area contributed by atoms with Crippen molar-refractivity contribution < 1.29 is 0 Å². The maximum Gasteiger partial charge on any atom is -0.00203 e. The first kappa shape index (κ1) is 23.9. The van der Waals surface area contributed by atoms with Crippen LogP contribution in [0.1, 0.15) is 11.1 Å². The summed E-state index contributed by atoms with van der Waals surface area (Å²) in [5.41, 5.74) is 9.45. The molecule has 0 aliphatic carbocycles. The van der Waals surface area contributed by atoms with E-state index in [0.29, 0.717) is 0 Å². The molecule has 0 heterocycles. The Labute approximate surface area is 235 Å². The van der Waals surface area contributed by atoms with Crippen molar-refractivity contribution in [2.45, 2.75) is 0 Å². The van der Waals surface area contributed by atoms with Crippen molar-refractivity contribution in [3.8, 4) is 33.4 Å². The molecule has 7 aromatic rings. The summed E-state index contributed by atoms with van der Waals surface area (Å²) in [4.78, 5) is 0. The van der Waals surface area contributed by atoms with Crippen LogP contribution >= 0.6 is 0 Å². The topological polar surface area (TPSA) is 0 Å². The van der Waals surface area contributed by atoms with Gasteiger partial charge in [-0.05, 0) is 82.9 Å². The molecule has 0 bridgehead atoms. The van der Waals surface area contributed by atoms with Gasteiger partial charge in [0.1, 0.15) is 0 Å². The van der Waals surface area contributed by atoms with Gasteiger partial charge in [0.2, 0.25) is 0 Å². The zero-order valence-corrected chi connectivity index (χ0v) is 22.3. The Morgan fingerprint density at radius 2 is 0.900 bits per heavy atom. The third kappa shape index (κ3) is 3.77. The first-order chi connectivity index (χ1) is 19.8. The van der Waals surface area contributed by atoms with E-state index in [1.807, 2.05) is 12.2 Å². The zero-order chi connectivity index (χ0) is 27.1. The third-order valence-electron chi connectivity index (χ3n) is 8.02. The van der Waals surface area contributed by atoms with Gasteiger partial charge in [0.25, 0.3) is 0 Å². The Morgan fingerprint density at radius 1 is 0.375 bits per heavy atom. The quantitative estimate of drug-likeness (QED) is 0.217. The highest BCUT2D eigenvalue weighted by atomic mass is 14.2. The number of fused-ring (bicyclic) bond motifs is 3. The molecule has 0 nitrogen and oxygen atoms in total. The van der Waals surface area contributed by atoms with Gasteiger partial charge in [0, 0.05) is 0 Å². The van der Waals surface area contributed by atoms with E-state index in [4.69, 9.17) is 0 Å². The van der Waals surface area contributed by atoms with E-state index in [-0.39, 0.29) is 0 Å². The second-order valence-corrected chi connectivity index (χ2v) is 10.2. The molecule has 0 heteroatoms. The van der Waals surface area contributed by atoms with Crippen molar-refractivity contribution in [1.82, 2.24) is 0 Å². The maximum atomic E-state index is 4.31. The predicted molar refractivity (Wildman–Crippen MR) is 175 cm³/mol. The molecule has 7 rings (SSSR count). The summed E-state index contributed by atoms with van der Waals surface area (Å²) >= 11 is 0. The molecule has 188 valence electrons. The summed E-state index contributed by atoms with van der Waals surface area (Å²) in [5, 5.41) is 7.36. The number of benzene rings is 7. The minimum Gasteiger partial charge on any atom is -0.0984 e. The van der Waals surface area contributed by atoms with Crippen molar-refractivity contribution in [2.24, 2.45) is 0 Å². The van der Waals surface area contributed by atoms with Crippen LogP contribution in [0.2, 0.25) is 0 Å². The fraction of sp³-hybridized carbons (Fsp3) is 0. The van der Waals surface area contributed by atoms with Crippen molar-refractivity contribution in [3.05, 3.63) is 158 Å². The molecule has 0 atom stereocenters. The highest BCUT2D eigenvalue weighted by molar-refractivity contribution is 6.16. The highest BCUT2D eigenvalue weighted by Crippen LogP contribution is 2.46. The minimum atomic E-state index is 1.11. The number of hydrogen-bond donors (Lipinski definition) is 0. The molecule has 0 spiro atoms. The monoisotopic (exact) mass is 508 g/mol. The Bertz CT molecular complexity index is 2080. The smallest absolute Gasteiger partial charge is 0.00203 e. The van der Waals surface area contributed by atoms with Gasteiger partial charge in [-0.25, -0.2) is 0 Å². The molecule has 0 amide bonds. The van der Waals surface area contributed by atoms with Crippen LogP contribution in [0.25, 0.3) is 77.9 Å². The predicted octanol–water partition coefficient (Wildman–Crippen LogP) is 11.4. The van der Waals surface area contributed by atoms with Crippen LogP contribution in [0, 0.1) is 0 Å². The maximum absolute atomic E-state index is 4.31. The standard InChI is InChI=1S/C40H28/c1-3-31-32(4-2)40(38-25-24-33(28-15-6-5-7-16-28)34-18-10-11-19-35(34)38)37-21-13-12-20-36(37)39(31)30-23-22-27-14-8-9-17-29(27)26-30/h3-26H,1-2H2. The molecule has 0 aliphatic rings. The van der Waals surface area contributed by atoms with Crippen LogP contribution in [-0.4, -0.2) is 0 Å². The van der Waals surface area contributed by atoms with E-state index >= 15 is 0 Å². The molecule has 0 unspecified atom stereocenters. The molecule has 0 saturated carbocycles. The first-order valence-corrected chi connectivity index (χ1v) is 13.7. The summed E-state index contributed by atoms with van der Waals surface area (Å²) in [6.45, 7) is 8.61. The lowest BCUT2D eigenvalue weighted by Gasteiger charge is -2.22. The van der Waals surface area contributed by atoms with E-state index in [0.717, 1.165) is 11.1 Å². The van der Waals surface area contributed by atoms with Crippen LogP contribution in [0.4, 0.5) is 0 Å². The van der Waals surface area contributed by atoms with E-state index < -0.39 is 0 Å². The normalized spacial score (nSPS) is 11.2. The van der Waals surface area contributed by atoms with Crippen LogP contribution in [0.15, 0.2) is 147 Å². The van der Waals surface area contributed by atoms with Gasteiger partial charge < -0.3 is 0 Å². The lowest BCUT2D eigenvalue weighted by Crippen LogP contribution is -1.97. The lowest BCUT2D eigenvalue weighted by atomic mass is 9.81. The molecule has 0 aliphatic heterocycles. The van der Waals surface area contributed by atoms with Crippen molar-refractivity contribution in [2.75, 3.05) is 0 Å². The Kier molecular flexibility index (Phi) is 5.87. The number of hydrogen-bond acceptors (Lipinski definition) is 0. The largest absolute Gasteiger partial charge is 0.0984 e. The molecule has 0 aromatic heterocycles. The Morgan fingerprint density at radius 3 is 1.60 bits per heavy atom. The van der Waals surface area contributed by atoms with E-state index in [1.165, 1.54) is 65.7 Å². The van der Waals surface area contributed by atoms with Crippen molar-refractivity contribution >= 4 is 44.5 Å². The molecular formula is C40H28. The third-order valence-corrected chi connectivity index (χ3v) is 8.02. The van der Waals surface area contributed by atoms with Crippen LogP contribution in [-0.2, 0) is 0 Å². The lowest BCUT2D eigenvalue weighted by molar-refractivity contribution is 1.60. The number of rotatable bonds is 5. The average molecular weight is 509 g/mol. The summed E-state index contributed by atoms with van der Waals surface area (Å²) in [6, 6.07) is 47.9. The van der Waals surface area contributed by atoms with Gasteiger partial charge >= 0.3 is 0 Å². The molecule has 7 aromatic carbocycles. The van der Waals surface area contributed by atoms with Gasteiger partial charge in [-0.15, -0.1) is 0 Å². The highest BCUT2D eigenvalue weighted by Gasteiger charge is 2.20. The van der Waals surface area contributed by atoms with Crippen molar-refractivity contribution in [3.63, 3.8) is 0 Å². The second-order valence-electron chi connectivity index (χ2n) is 10.2. The summed E-state index contributed by atoms with van der Waals surface area (Å²) in [6.07, 6.45) is 4.00. The van der Waals surface area contributed by atoms with Crippen LogP contribution in [0.3, 0.4) is 0 Å². The van der Waals surface area contributed by atoms with E-state index in [1.54, 1.807) is 0 Å². The van der Waals surface area contributed by atoms with Crippen LogP contribution in [0.5, 0.6) is 0 Å². The molecule has 0 saturated heterocycles. The van der Waals surface area contributed by atoms with Gasteiger partial charge in [-0.2, -0.15) is 0 Å². The fourth-order valence-corrected chi connectivity index (χ4v) is 6.24. The molecule has 0 radical (unpaired) electrons. The van der Waals surface area contributed by atoms with Gasteiger partial charge in [0.05, 0.1) is 0 Å². The van der Waals surface area contributed by atoms with E-state index in [9.17, 15) is 0 Å². The second kappa shape index (κ2) is 9.84. The molecular weight excluding hydrogens is 480 g/mol. The SMILES string of the molecule is C=Cc1c(C=C)c(-c2ccc(-c3ccccc3)c3ccccc23)c2ccccc2c1-c1ccc2ccccc2c1. The summed E-state index contributed by atoms with van der Waals surface area (Å²) in [7, 11) is 0. The summed E-state index contributed by atoms with van der Waals surface area (Å²) < 4.78 is 0. The van der Waals surface area contributed by atoms with Gasteiger partial charge in [-0.3, -0.25) is 0 Å². The summed E-state index contributed by atoms with van der Waals surface area (Å²) in [5.74, 6) is 0. The first-order valence-electron chi connectivity index (χ1n) is 13.7. The van der Waals surface area contributed by atoms with Crippen LogP contribution < -0.4 is 0 Å². The minimum absolute atomic E-state index is 1.11. The van der Waals surface area contributed by atoms with Gasteiger partial charge in [0.15, 0.2) is 0 Å². The molecule has 0 fully saturated rings. The zero-order valence-electron chi connectivity index (χ0n) is 22.3. The van der Waals surface area contributed by atoms with E-state index in [2.05, 4.69) is 147 Å².